The second-order valence-electron chi connectivity index (χ2n) is 29.4. The maximum Gasteiger partial charge on any atom is 0.313 e. The number of pyridine rings is 3. The smallest absolute Gasteiger partial charge is 0.313 e. The Bertz CT molecular complexity index is 3430. The van der Waals surface area contributed by atoms with Crippen LogP contribution < -0.4 is 33.2 Å². The Morgan fingerprint density at radius 1 is 0.364 bits per heavy atom. The van der Waals surface area contributed by atoms with Gasteiger partial charge in [0.15, 0.2) is 0 Å². The highest BCUT2D eigenvalue weighted by Crippen LogP contribution is 2.40. The summed E-state index contributed by atoms with van der Waals surface area (Å²) in [6.45, 7) is 20.3. The van der Waals surface area contributed by atoms with Crippen LogP contribution in [-0.2, 0) is 28.8 Å². The number of anilines is 6. The first-order chi connectivity index (χ1) is 47.4. The number of carbonyl (C=O) groups excluding carboxylic acids is 6. The van der Waals surface area contributed by atoms with Crippen molar-refractivity contribution in [1.29, 1.82) is 0 Å². The van der Waals surface area contributed by atoms with Crippen molar-refractivity contribution in [1.82, 2.24) is 44.4 Å². The minimum atomic E-state index is -0.633. The summed E-state index contributed by atoms with van der Waals surface area (Å²) in [7, 11) is 6.52. The summed E-state index contributed by atoms with van der Waals surface area (Å²) >= 11 is 0. The summed E-state index contributed by atoms with van der Waals surface area (Å²) in [6, 6.07) is 31.0. The molecule has 6 aromatic rings. The van der Waals surface area contributed by atoms with Gasteiger partial charge in [-0.25, -0.2) is 15.0 Å². The second kappa shape index (κ2) is 33.4. The number of piperidine rings is 6. The largest absolute Gasteiger partial charge is 0.383 e. The molecule has 9 heterocycles. The molecular weight excluding hydrogens is 1240 g/mol. The van der Waals surface area contributed by atoms with E-state index in [1.165, 1.54) is 35.3 Å². The van der Waals surface area contributed by atoms with Gasteiger partial charge in [0.05, 0.1) is 53.8 Å². The molecule has 0 bridgehead atoms. The lowest BCUT2D eigenvalue weighted by atomic mass is 9.85. The molecule has 6 aliphatic heterocycles. The Morgan fingerprint density at radius 2 is 0.606 bits per heavy atom. The van der Waals surface area contributed by atoms with Crippen LogP contribution in [-0.4, -0.2) is 160 Å². The second-order valence-corrected chi connectivity index (χ2v) is 29.4. The molecule has 6 fully saturated rings. The van der Waals surface area contributed by atoms with Crippen molar-refractivity contribution in [2.75, 3.05) is 113 Å². The van der Waals surface area contributed by atoms with Crippen molar-refractivity contribution in [3.8, 4) is 0 Å². The average molecular weight is 1350 g/mol. The molecule has 6 amide bonds. The van der Waals surface area contributed by atoms with Gasteiger partial charge in [-0.3, -0.25) is 28.8 Å². The Kier molecular flexibility index (Phi) is 24.6. The van der Waals surface area contributed by atoms with Crippen LogP contribution in [0.4, 0.5) is 34.5 Å². The number of hydrogen-bond acceptors (Lipinski definition) is 15. The first kappa shape index (κ1) is 72.9. The van der Waals surface area contributed by atoms with Gasteiger partial charge < -0.3 is 62.6 Å². The quantitative estimate of drug-likeness (QED) is 0.0735. The molecule has 0 radical (unpaired) electrons. The van der Waals surface area contributed by atoms with Crippen LogP contribution in [0.5, 0.6) is 0 Å². The third-order valence-electron chi connectivity index (χ3n) is 21.4. The normalized spacial score (nSPS) is 22.2. The molecule has 3 aromatic carbocycles. The number of nitrogens with two attached hydrogens (primary N) is 3. The highest BCUT2D eigenvalue weighted by Gasteiger charge is 2.38. The van der Waals surface area contributed by atoms with Crippen molar-refractivity contribution in [2.24, 2.45) is 17.8 Å². The molecular formula is C78H105N15O6. The summed E-state index contributed by atoms with van der Waals surface area (Å²) < 4.78 is 0. The van der Waals surface area contributed by atoms with Gasteiger partial charge in [-0.05, 0) is 262 Å². The van der Waals surface area contributed by atoms with E-state index in [1.807, 2.05) is 20.8 Å². The lowest BCUT2D eigenvalue weighted by Crippen LogP contribution is -2.46. The number of aryl methyl sites for hydroxylation is 3. The van der Waals surface area contributed by atoms with Crippen LogP contribution in [0.15, 0.2) is 110 Å². The molecule has 0 saturated carbocycles. The Hall–Kier alpha value is -8.79. The molecule has 528 valence electrons. The number of hydrogen-bond donors (Lipinski definition) is 6. The molecule has 0 unspecified atom stereocenters. The number of aromatic nitrogens is 3. The highest BCUT2D eigenvalue weighted by molar-refractivity contribution is 6.40. The van der Waals surface area contributed by atoms with E-state index in [0.717, 1.165) is 150 Å². The summed E-state index contributed by atoms with van der Waals surface area (Å²) in [5.41, 5.74) is 28.4. The summed E-state index contributed by atoms with van der Waals surface area (Å²) in [5.74, 6) is 0.580. The lowest BCUT2D eigenvalue weighted by molar-refractivity contribution is -0.146. The zero-order valence-corrected chi connectivity index (χ0v) is 59.6. The zero-order chi connectivity index (χ0) is 70.6. The molecule has 3 aromatic heterocycles. The van der Waals surface area contributed by atoms with Crippen molar-refractivity contribution < 1.29 is 28.8 Å². The summed E-state index contributed by atoms with van der Waals surface area (Å²) in [5, 5.41) is 8.12. The number of nitrogens with zero attached hydrogens (tertiary/aromatic N) is 9. The minimum Gasteiger partial charge on any atom is -0.383 e. The molecule has 12 rings (SSSR count). The topological polar surface area (TPSA) is 275 Å². The van der Waals surface area contributed by atoms with Gasteiger partial charge in [-0.1, -0.05) is 93.6 Å². The van der Waals surface area contributed by atoms with Gasteiger partial charge in [0.25, 0.3) is 0 Å². The van der Waals surface area contributed by atoms with Crippen LogP contribution in [0.2, 0.25) is 0 Å². The Balaban J connectivity index is 0.000000161. The summed E-state index contributed by atoms with van der Waals surface area (Å²) in [4.78, 5) is 103. The van der Waals surface area contributed by atoms with E-state index in [1.54, 1.807) is 32.9 Å². The number of amides is 6. The van der Waals surface area contributed by atoms with Gasteiger partial charge in [-0.15, -0.1) is 0 Å². The zero-order valence-electron chi connectivity index (χ0n) is 59.6. The summed E-state index contributed by atoms with van der Waals surface area (Å²) in [6.07, 6.45) is 17.1. The maximum atomic E-state index is 13.3. The molecule has 6 aliphatic rings. The van der Waals surface area contributed by atoms with Gasteiger partial charge in [0, 0.05) is 19.6 Å². The van der Waals surface area contributed by atoms with Crippen LogP contribution in [0.25, 0.3) is 0 Å². The van der Waals surface area contributed by atoms with E-state index in [-0.39, 0.29) is 18.1 Å². The highest BCUT2D eigenvalue weighted by atomic mass is 16.2. The first-order valence-electron chi connectivity index (χ1n) is 35.8. The standard InChI is InChI=1S/3C26H35N5O2/c3*1-17-7-8-23(21-6-4-5-20(14-21)19-9-11-30(3)12-10-19)31(16-17)26(33)25(32)29-22-13-18(2)24(27)28-15-22/h3*4-6,13-15,17,19,23H,7-12,16H2,1-3H3,(H2,27,28)(H,29,32)/t3*17-,23+/m110/s1. The number of rotatable bonds is 9. The molecule has 0 aliphatic carbocycles. The minimum absolute atomic E-state index is 0.0862. The number of nitrogen functional groups attached to an aromatic ring is 3. The van der Waals surface area contributed by atoms with E-state index >= 15 is 0 Å². The van der Waals surface area contributed by atoms with E-state index < -0.39 is 35.4 Å². The van der Waals surface area contributed by atoms with Crippen molar-refractivity contribution in [2.45, 2.75) is 154 Å². The van der Waals surface area contributed by atoms with Gasteiger partial charge in [0.2, 0.25) is 0 Å². The van der Waals surface area contributed by atoms with E-state index in [4.69, 9.17) is 17.2 Å². The fourth-order valence-corrected chi connectivity index (χ4v) is 15.2. The number of carbonyl (C=O) groups is 6. The van der Waals surface area contributed by atoms with E-state index in [2.05, 4.69) is 160 Å². The fraction of sp³-hybridized carbons (Fsp3) is 0.500. The third kappa shape index (κ3) is 19.0. The fourth-order valence-electron chi connectivity index (χ4n) is 15.2. The van der Waals surface area contributed by atoms with Crippen molar-refractivity contribution in [3.63, 3.8) is 0 Å². The molecule has 9 N–H and O–H groups in total. The predicted octanol–water partition coefficient (Wildman–Crippen LogP) is 11.2. The van der Waals surface area contributed by atoms with Crippen molar-refractivity contribution >= 4 is 70.0 Å². The van der Waals surface area contributed by atoms with Gasteiger partial charge >= 0.3 is 35.4 Å². The number of benzene rings is 3. The van der Waals surface area contributed by atoms with Crippen LogP contribution in [0.1, 0.15) is 184 Å². The molecule has 21 nitrogen and oxygen atoms in total. The Morgan fingerprint density at radius 3 is 0.848 bits per heavy atom. The third-order valence-corrected chi connectivity index (χ3v) is 21.4. The van der Waals surface area contributed by atoms with Crippen LogP contribution in [0.3, 0.4) is 0 Å². The van der Waals surface area contributed by atoms with E-state index in [0.29, 0.717) is 89.7 Å². The van der Waals surface area contributed by atoms with Crippen LogP contribution in [0, 0.1) is 38.5 Å². The van der Waals surface area contributed by atoms with Gasteiger partial charge in [0.1, 0.15) is 17.5 Å². The Labute approximate surface area is 585 Å². The SMILES string of the molecule is Cc1cc(NC(=O)C(=O)N2C[C@@H](C)CC[C@@H]2c2cccc(C3CCN(C)CC3)c2)cnc1N.Cc1cc(NC(=O)C(=O)N2C[C@H](C)CC[C@H]2c2cccc(C3CCN(C)CC3)c2)cnc1N.Cc1cc(NC(=O)C(=O)N2C[C@H](C)CC[C@H]2c2cccc(C3CCN(C)CC3)c2)cnc1N. The van der Waals surface area contributed by atoms with Crippen LogP contribution >= 0.6 is 0 Å². The average Bonchev–Trinajstić information content (AvgIpc) is 0.822. The monoisotopic (exact) mass is 1350 g/mol. The maximum absolute atomic E-state index is 13.3. The molecule has 99 heavy (non-hydrogen) atoms. The van der Waals surface area contributed by atoms with E-state index in [9.17, 15) is 28.8 Å². The molecule has 21 heteroatoms. The van der Waals surface area contributed by atoms with Crippen molar-refractivity contribution in [3.05, 3.63) is 160 Å². The first-order valence-corrected chi connectivity index (χ1v) is 35.8. The van der Waals surface area contributed by atoms with Gasteiger partial charge in [-0.2, -0.15) is 0 Å². The molecule has 6 atom stereocenters. The molecule has 6 saturated heterocycles. The lowest BCUT2D eigenvalue weighted by Gasteiger charge is -2.39. The number of likely N-dealkylation sites (tertiary alicyclic amines) is 6. The predicted molar refractivity (Wildman–Crippen MR) is 392 cm³/mol. The number of nitrogens with one attached hydrogen (secondary N) is 3. The molecule has 0 spiro atoms.